The number of hydrogen-bond acceptors (Lipinski definition) is 3. The van der Waals surface area contributed by atoms with Crippen molar-refractivity contribution in [1.82, 2.24) is 10.2 Å². The normalized spacial score (nSPS) is 13.5. The molecule has 3 amide bonds. The molecule has 0 atom stereocenters. The quantitative estimate of drug-likeness (QED) is 0.638. The first-order valence-corrected chi connectivity index (χ1v) is 10.3. The van der Waals surface area contributed by atoms with Crippen LogP contribution in [0.3, 0.4) is 0 Å². The number of urea groups is 1. The van der Waals surface area contributed by atoms with Crippen LogP contribution < -0.4 is 15.0 Å². The van der Waals surface area contributed by atoms with Crippen molar-refractivity contribution in [3.05, 3.63) is 96.1 Å². The number of anilines is 1. The van der Waals surface area contributed by atoms with Crippen LogP contribution >= 0.6 is 0 Å². The highest BCUT2D eigenvalue weighted by atomic mass is 16.5. The number of rotatable bonds is 7. The van der Waals surface area contributed by atoms with Gasteiger partial charge in [-0.2, -0.15) is 0 Å². The Morgan fingerprint density at radius 2 is 1.48 bits per heavy atom. The number of nitrogens with zero attached hydrogens (tertiary/aromatic N) is 2. The fourth-order valence-corrected chi connectivity index (χ4v) is 3.84. The number of benzene rings is 3. The van der Waals surface area contributed by atoms with Gasteiger partial charge in [-0.15, -0.1) is 0 Å². The molecule has 0 unspecified atom stereocenters. The van der Waals surface area contributed by atoms with Crippen LogP contribution in [-0.4, -0.2) is 43.6 Å². The molecular formula is C25H25N3O3. The molecule has 31 heavy (non-hydrogen) atoms. The van der Waals surface area contributed by atoms with E-state index in [2.05, 4.69) is 5.32 Å². The van der Waals surface area contributed by atoms with Crippen molar-refractivity contribution in [3.63, 3.8) is 0 Å². The van der Waals surface area contributed by atoms with Gasteiger partial charge < -0.3 is 15.0 Å². The Labute approximate surface area is 182 Å². The Balaban J connectivity index is 1.47. The van der Waals surface area contributed by atoms with Gasteiger partial charge in [0.25, 0.3) is 0 Å². The standard InChI is InChI=1S/C25H25N3O3/c1-31-22-15-9-8-14-21(22)28-17-16-27(25(28)30)18-23(29)26-24(19-10-4-2-5-11-19)20-12-6-3-7-13-20/h2-15,24H,16-18H2,1H3,(H,26,29). The maximum absolute atomic E-state index is 13.0. The van der Waals surface area contributed by atoms with Crippen molar-refractivity contribution in [3.8, 4) is 5.75 Å². The molecule has 1 fully saturated rings. The number of carbonyl (C=O) groups is 2. The van der Waals surface area contributed by atoms with Gasteiger partial charge in [0.15, 0.2) is 0 Å². The molecule has 158 valence electrons. The molecule has 0 bridgehead atoms. The van der Waals surface area contributed by atoms with Crippen molar-refractivity contribution in [2.24, 2.45) is 0 Å². The number of para-hydroxylation sites is 2. The highest BCUT2D eigenvalue weighted by molar-refractivity contribution is 5.97. The number of methoxy groups -OCH3 is 1. The van der Waals surface area contributed by atoms with E-state index in [4.69, 9.17) is 4.74 Å². The molecule has 0 aliphatic carbocycles. The predicted molar refractivity (Wildman–Crippen MR) is 120 cm³/mol. The third-order valence-electron chi connectivity index (χ3n) is 5.38. The molecule has 0 radical (unpaired) electrons. The highest BCUT2D eigenvalue weighted by Gasteiger charge is 2.32. The second-order valence-electron chi connectivity index (χ2n) is 7.35. The number of carbonyl (C=O) groups excluding carboxylic acids is 2. The molecule has 0 spiro atoms. The molecule has 0 saturated carbocycles. The van der Waals surface area contributed by atoms with E-state index < -0.39 is 0 Å². The SMILES string of the molecule is COc1ccccc1N1CCN(CC(=O)NC(c2ccccc2)c2ccccc2)C1=O. The van der Waals surface area contributed by atoms with E-state index in [1.165, 1.54) is 0 Å². The summed E-state index contributed by atoms with van der Waals surface area (Å²) in [6, 6.07) is 26.6. The van der Waals surface area contributed by atoms with E-state index in [9.17, 15) is 9.59 Å². The van der Waals surface area contributed by atoms with Crippen LogP contribution in [0.2, 0.25) is 0 Å². The zero-order valence-corrected chi connectivity index (χ0v) is 17.4. The first-order chi connectivity index (χ1) is 15.2. The lowest BCUT2D eigenvalue weighted by atomic mass is 9.99. The molecule has 0 aromatic heterocycles. The summed E-state index contributed by atoms with van der Waals surface area (Å²) < 4.78 is 5.38. The fraction of sp³-hybridized carbons (Fsp3) is 0.200. The molecule has 4 rings (SSSR count). The van der Waals surface area contributed by atoms with E-state index >= 15 is 0 Å². The van der Waals surface area contributed by atoms with Gasteiger partial charge >= 0.3 is 6.03 Å². The van der Waals surface area contributed by atoms with Crippen molar-refractivity contribution < 1.29 is 14.3 Å². The largest absolute Gasteiger partial charge is 0.495 e. The van der Waals surface area contributed by atoms with Gasteiger partial charge in [-0.25, -0.2) is 4.79 Å². The van der Waals surface area contributed by atoms with E-state index in [1.807, 2.05) is 84.9 Å². The average Bonchev–Trinajstić information content (AvgIpc) is 3.18. The highest BCUT2D eigenvalue weighted by Crippen LogP contribution is 2.30. The summed E-state index contributed by atoms with van der Waals surface area (Å²) in [5, 5.41) is 3.10. The lowest BCUT2D eigenvalue weighted by molar-refractivity contribution is -0.122. The minimum atomic E-state index is -0.280. The predicted octanol–water partition coefficient (Wildman–Crippen LogP) is 3.84. The van der Waals surface area contributed by atoms with Gasteiger partial charge in [-0.3, -0.25) is 9.69 Å². The van der Waals surface area contributed by atoms with E-state index in [1.54, 1.807) is 16.9 Å². The van der Waals surface area contributed by atoms with Crippen LogP contribution in [0.25, 0.3) is 0 Å². The first kappa shape index (κ1) is 20.5. The third kappa shape index (κ3) is 4.53. The second kappa shape index (κ2) is 9.34. The molecule has 1 aliphatic heterocycles. The molecule has 3 aromatic rings. The maximum atomic E-state index is 13.0. The molecule has 1 N–H and O–H groups in total. The van der Waals surface area contributed by atoms with E-state index in [-0.39, 0.29) is 24.5 Å². The number of ether oxygens (including phenoxy) is 1. The molecule has 1 aliphatic rings. The molecule has 1 saturated heterocycles. The van der Waals surface area contributed by atoms with Crippen LogP contribution in [0.1, 0.15) is 17.2 Å². The van der Waals surface area contributed by atoms with Crippen LogP contribution in [0.15, 0.2) is 84.9 Å². The minimum Gasteiger partial charge on any atom is -0.495 e. The Kier molecular flexibility index (Phi) is 6.17. The average molecular weight is 415 g/mol. The van der Waals surface area contributed by atoms with E-state index in [0.717, 1.165) is 11.1 Å². The number of hydrogen-bond donors (Lipinski definition) is 1. The van der Waals surface area contributed by atoms with Crippen molar-refractivity contribution in [1.29, 1.82) is 0 Å². The molecule has 3 aromatic carbocycles. The fourth-order valence-electron chi connectivity index (χ4n) is 3.84. The summed E-state index contributed by atoms with van der Waals surface area (Å²) in [6.07, 6.45) is 0. The Morgan fingerprint density at radius 3 is 2.10 bits per heavy atom. The van der Waals surface area contributed by atoms with Gasteiger partial charge in [0.1, 0.15) is 12.3 Å². The molecule has 1 heterocycles. The van der Waals surface area contributed by atoms with Crippen LogP contribution in [0.5, 0.6) is 5.75 Å². The van der Waals surface area contributed by atoms with Gasteiger partial charge in [0, 0.05) is 13.1 Å². The van der Waals surface area contributed by atoms with Crippen LogP contribution in [0, 0.1) is 0 Å². The third-order valence-corrected chi connectivity index (χ3v) is 5.38. The summed E-state index contributed by atoms with van der Waals surface area (Å²) in [5.74, 6) is 0.434. The molecule has 6 heteroatoms. The van der Waals surface area contributed by atoms with E-state index in [0.29, 0.717) is 24.5 Å². The van der Waals surface area contributed by atoms with Gasteiger partial charge in [0.05, 0.1) is 18.8 Å². The monoisotopic (exact) mass is 415 g/mol. The van der Waals surface area contributed by atoms with Crippen LogP contribution in [0.4, 0.5) is 10.5 Å². The van der Waals surface area contributed by atoms with Gasteiger partial charge in [-0.1, -0.05) is 72.8 Å². The first-order valence-electron chi connectivity index (χ1n) is 10.3. The topological polar surface area (TPSA) is 61.9 Å². The summed E-state index contributed by atoms with van der Waals surface area (Å²) >= 11 is 0. The zero-order chi connectivity index (χ0) is 21.6. The number of nitrogens with one attached hydrogen (secondary N) is 1. The lowest BCUT2D eigenvalue weighted by Gasteiger charge is -2.23. The Bertz CT molecular complexity index is 1000. The summed E-state index contributed by atoms with van der Waals surface area (Å²) in [5.41, 5.74) is 2.69. The smallest absolute Gasteiger partial charge is 0.325 e. The lowest BCUT2D eigenvalue weighted by Crippen LogP contribution is -2.41. The maximum Gasteiger partial charge on any atom is 0.325 e. The second-order valence-corrected chi connectivity index (χ2v) is 7.35. The summed E-state index contributed by atoms with van der Waals surface area (Å²) in [6.45, 7) is 0.986. The minimum absolute atomic E-state index is 0.000644. The van der Waals surface area contributed by atoms with Gasteiger partial charge in [0.2, 0.25) is 5.91 Å². The van der Waals surface area contributed by atoms with Crippen LogP contribution in [-0.2, 0) is 4.79 Å². The van der Waals surface area contributed by atoms with Crippen molar-refractivity contribution >= 4 is 17.6 Å². The zero-order valence-electron chi connectivity index (χ0n) is 17.4. The molecular weight excluding hydrogens is 390 g/mol. The van der Waals surface area contributed by atoms with Crippen molar-refractivity contribution in [2.75, 3.05) is 31.6 Å². The Hall–Kier alpha value is -3.80. The van der Waals surface area contributed by atoms with Crippen molar-refractivity contribution in [2.45, 2.75) is 6.04 Å². The summed E-state index contributed by atoms with van der Waals surface area (Å²) in [7, 11) is 1.58. The van der Waals surface area contributed by atoms with Gasteiger partial charge in [-0.05, 0) is 23.3 Å². The number of amides is 3. The summed E-state index contributed by atoms with van der Waals surface area (Å²) in [4.78, 5) is 29.1. The Morgan fingerprint density at radius 1 is 0.903 bits per heavy atom. The molecule has 6 nitrogen and oxygen atoms in total.